The van der Waals surface area contributed by atoms with Crippen LogP contribution in [0.5, 0.6) is 0 Å². The fourth-order valence-corrected chi connectivity index (χ4v) is 12.9. The number of nitrogens with one attached hydrogen (secondary N) is 2. The predicted octanol–water partition coefficient (Wildman–Crippen LogP) is 7.11. The van der Waals surface area contributed by atoms with Crippen LogP contribution in [0.2, 0.25) is 0 Å². The number of morpholine rings is 2. The lowest BCUT2D eigenvalue weighted by atomic mass is 9.52. The third-order valence-electron chi connectivity index (χ3n) is 14.9. The van der Waals surface area contributed by atoms with Crippen molar-refractivity contribution in [2.24, 2.45) is 35.5 Å². The van der Waals surface area contributed by atoms with Gasteiger partial charge in [-0.25, -0.2) is 23.2 Å². The molecule has 2 saturated heterocycles. The molecule has 2 N–H and O–H groups in total. The van der Waals surface area contributed by atoms with Gasteiger partial charge in [-0.05, 0) is 137 Å². The number of carbonyl (C=O) groups excluding carboxylic acids is 3. The number of amides is 2. The average molecular weight is 835 g/mol. The number of esters is 2. The number of ether oxygens (including phenoxy) is 4. The molecule has 10 fully saturated rings. The molecular formula is C47H64F2N4O7. The molecule has 8 aliphatic carbocycles. The highest BCUT2D eigenvalue weighted by Crippen LogP contribution is 2.58. The Balaban J connectivity index is 0.000000150. The first-order valence-corrected chi connectivity index (χ1v) is 22.5. The van der Waals surface area contributed by atoms with E-state index in [-0.39, 0.29) is 40.6 Å². The third-order valence-corrected chi connectivity index (χ3v) is 14.9. The van der Waals surface area contributed by atoms with Crippen molar-refractivity contribution in [2.45, 2.75) is 101 Å². The molecule has 13 heteroatoms. The Bertz CT molecular complexity index is 1770. The predicted molar refractivity (Wildman–Crippen MR) is 221 cm³/mol. The monoisotopic (exact) mass is 834 g/mol. The molecule has 8 saturated carbocycles. The second-order valence-electron chi connectivity index (χ2n) is 19.1. The number of nitrogens with zero attached hydrogens (tertiary/aromatic N) is 2. The second-order valence-corrected chi connectivity index (χ2v) is 19.1. The number of carbonyl (C=O) groups is 3. The minimum Gasteiger partial charge on any atom is -0.465 e. The van der Waals surface area contributed by atoms with Crippen LogP contribution < -0.4 is 10.6 Å². The lowest BCUT2D eigenvalue weighted by molar-refractivity contribution is -0.0810. The average Bonchev–Trinajstić information content (AvgIpc) is 3.25. The summed E-state index contributed by atoms with van der Waals surface area (Å²) in [7, 11) is 2.59. The van der Waals surface area contributed by atoms with E-state index in [1.165, 1.54) is 84.1 Å². The molecule has 0 spiro atoms. The van der Waals surface area contributed by atoms with Crippen molar-refractivity contribution >= 4 is 18.0 Å². The quantitative estimate of drug-likeness (QED) is 0.269. The highest BCUT2D eigenvalue weighted by atomic mass is 19.1. The molecule has 2 aliphatic heterocycles. The molecule has 10 aliphatic rings. The van der Waals surface area contributed by atoms with Gasteiger partial charge in [0.25, 0.3) is 0 Å². The summed E-state index contributed by atoms with van der Waals surface area (Å²) >= 11 is 0. The molecule has 328 valence electrons. The smallest absolute Gasteiger partial charge is 0.337 e. The van der Waals surface area contributed by atoms with E-state index in [0.29, 0.717) is 61.7 Å². The Morgan fingerprint density at radius 2 is 1.15 bits per heavy atom. The second kappa shape index (κ2) is 18.8. The number of benzene rings is 2. The van der Waals surface area contributed by atoms with Gasteiger partial charge in [-0.3, -0.25) is 0 Å². The van der Waals surface area contributed by atoms with E-state index in [1.807, 2.05) is 9.80 Å². The summed E-state index contributed by atoms with van der Waals surface area (Å²) in [5, 5.41) is 6.85. The Morgan fingerprint density at radius 1 is 0.700 bits per heavy atom. The zero-order valence-electron chi connectivity index (χ0n) is 35.5. The van der Waals surface area contributed by atoms with Crippen molar-refractivity contribution in [3.8, 4) is 0 Å². The normalized spacial score (nSPS) is 32.0. The molecule has 60 heavy (non-hydrogen) atoms. The maximum absolute atomic E-state index is 15.0. The van der Waals surface area contributed by atoms with Gasteiger partial charge < -0.3 is 39.4 Å². The first-order chi connectivity index (χ1) is 29.0. The van der Waals surface area contributed by atoms with E-state index in [1.54, 1.807) is 24.3 Å². The first-order valence-electron chi connectivity index (χ1n) is 22.5. The summed E-state index contributed by atoms with van der Waals surface area (Å²) in [6.45, 7) is 6.84. The van der Waals surface area contributed by atoms with E-state index < -0.39 is 17.8 Å². The summed E-state index contributed by atoms with van der Waals surface area (Å²) < 4.78 is 49.1. The van der Waals surface area contributed by atoms with Gasteiger partial charge >= 0.3 is 18.0 Å². The third kappa shape index (κ3) is 9.69. The molecular weight excluding hydrogens is 771 g/mol. The molecule has 2 aromatic rings. The Labute approximate surface area is 353 Å². The topological polar surface area (TPSA) is 119 Å². The maximum Gasteiger partial charge on any atom is 0.337 e. The van der Waals surface area contributed by atoms with Crippen LogP contribution in [-0.4, -0.2) is 106 Å². The molecule has 0 unspecified atom stereocenters. The van der Waals surface area contributed by atoms with Crippen LogP contribution in [0.4, 0.5) is 13.6 Å². The van der Waals surface area contributed by atoms with Gasteiger partial charge in [0.05, 0.1) is 58.3 Å². The fraction of sp³-hybridized carbons (Fsp3) is 0.681. The molecule has 11 nitrogen and oxygen atoms in total. The number of urea groups is 1. The van der Waals surface area contributed by atoms with Gasteiger partial charge in [-0.1, -0.05) is 12.1 Å². The van der Waals surface area contributed by atoms with Crippen molar-refractivity contribution < 1.29 is 42.1 Å². The summed E-state index contributed by atoms with van der Waals surface area (Å²) in [6.07, 6.45) is 14.9. The van der Waals surface area contributed by atoms with E-state index in [0.717, 1.165) is 63.3 Å². The molecule has 0 atom stereocenters. The van der Waals surface area contributed by atoms with Crippen molar-refractivity contribution in [1.82, 2.24) is 20.4 Å². The Morgan fingerprint density at radius 3 is 1.57 bits per heavy atom. The molecule has 0 radical (unpaired) electrons. The van der Waals surface area contributed by atoms with E-state index in [2.05, 4.69) is 15.4 Å². The Kier molecular flexibility index (Phi) is 13.5. The fourth-order valence-electron chi connectivity index (χ4n) is 12.9. The van der Waals surface area contributed by atoms with Gasteiger partial charge in [0, 0.05) is 54.9 Å². The number of halogens is 2. The molecule has 12 rings (SSSR count). The highest BCUT2D eigenvalue weighted by molar-refractivity contribution is 5.89. The summed E-state index contributed by atoms with van der Waals surface area (Å²) in [5.74, 6) is 2.81. The van der Waals surface area contributed by atoms with Crippen molar-refractivity contribution in [3.63, 3.8) is 0 Å². The highest BCUT2D eigenvalue weighted by Gasteiger charge is 2.55. The van der Waals surface area contributed by atoms with Crippen LogP contribution >= 0.6 is 0 Å². The first kappa shape index (κ1) is 43.0. The van der Waals surface area contributed by atoms with Crippen molar-refractivity contribution in [3.05, 3.63) is 70.3 Å². The largest absolute Gasteiger partial charge is 0.465 e. The number of methoxy groups -OCH3 is 2. The van der Waals surface area contributed by atoms with E-state index in [4.69, 9.17) is 14.2 Å². The summed E-state index contributed by atoms with van der Waals surface area (Å²) in [6, 6.07) is 9.06. The van der Waals surface area contributed by atoms with Gasteiger partial charge in [-0.15, -0.1) is 0 Å². The number of hydrogen-bond donors (Lipinski definition) is 2. The van der Waals surface area contributed by atoms with Crippen LogP contribution in [0.3, 0.4) is 0 Å². The van der Waals surface area contributed by atoms with Gasteiger partial charge in [0.2, 0.25) is 0 Å². The molecule has 2 aromatic carbocycles. The standard InChI is InChI=1S/C24H31FN2O4.C19H24FNO2.C4H9NO/c1-30-22(28)19-2-3-20(21(25)11-19)15-27(23(29)26-4-6-31-7-5-26)24-12-16-8-17(13-24)10-18(9-16)14-24;1-23-18(22)15-2-3-16(17(20)7-15)11-21-19-8-12-4-13(9-19)6-14(5-12)10-19;1-3-6-4-2-5-1/h2-3,11,16-18H,4-10,12-15H2,1H3;2-3,7,12-14,21H,4-6,8-11H2,1H3;5H,1-4H2. The minimum absolute atomic E-state index is 0.00157. The van der Waals surface area contributed by atoms with Crippen LogP contribution in [0.15, 0.2) is 36.4 Å². The molecule has 0 aromatic heterocycles. The Hall–Kier alpha value is -3.65. The van der Waals surface area contributed by atoms with E-state index >= 15 is 4.39 Å². The molecule has 8 bridgehead atoms. The zero-order valence-corrected chi connectivity index (χ0v) is 35.5. The van der Waals surface area contributed by atoms with Crippen molar-refractivity contribution in [1.29, 1.82) is 0 Å². The molecule has 2 heterocycles. The number of hydrogen-bond acceptors (Lipinski definition) is 9. The summed E-state index contributed by atoms with van der Waals surface area (Å²) in [5.41, 5.74) is 1.58. The van der Waals surface area contributed by atoms with Gasteiger partial charge in [0.1, 0.15) is 11.6 Å². The van der Waals surface area contributed by atoms with Gasteiger partial charge in [0.15, 0.2) is 0 Å². The maximum atomic E-state index is 15.0. The SMILES string of the molecule is C1COCCN1.COC(=O)c1ccc(CN(C(=O)N2CCOCC2)C23CC4CC(CC(C4)C2)C3)c(F)c1.COC(=O)c1ccc(CNC23CC4CC(CC(C4)C2)C3)c(F)c1. The van der Waals surface area contributed by atoms with E-state index in [9.17, 15) is 18.8 Å². The van der Waals surface area contributed by atoms with Crippen LogP contribution in [-0.2, 0) is 32.0 Å². The van der Waals surface area contributed by atoms with Crippen molar-refractivity contribution in [2.75, 3.05) is 66.8 Å². The lowest BCUT2D eigenvalue weighted by Gasteiger charge is -2.60. The molecule has 2 amide bonds. The lowest BCUT2D eigenvalue weighted by Crippen LogP contribution is -2.64. The zero-order chi connectivity index (χ0) is 41.9. The number of rotatable bonds is 8. The van der Waals surface area contributed by atoms with Crippen LogP contribution in [0, 0.1) is 47.1 Å². The van der Waals surface area contributed by atoms with Crippen LogP contribution in [0.1, 0.15) is 109 Å². The summed E-state index contributed by atoms with van der Waals surface area (Å²) in [4.78, 5) is 40.8. The minimum atomic E-state index is -0.562. The van der Waals surface area contributed by atoms with Gasteiger partial charge in [-0.2, -0.15) is 0 Å². The van der Waals surface area contributed by atoms with Crippen LogP contribution in [0.25, 0.3) is 0 Å².